The van der Waals surface area contributed by atoms with Crippen molar-refractivity contribution in [1.29, 1.82) is 0 Å². The number of carbonyl (C=O) groups is 1. The monoisotopic (exact) mass is 368 g/mol. The first kappa shape index (κ1) is 16.6. The summed E-state index contributed by atoms with van der Waals surface area (Å²) in [5.74, 6) is -0.946. The van der Waals surface area contributed by atoms with Gasteiger partial charge in [0.25, 0.3) is 0 Å². The Labute approximate surface area is 154 Å². The zero-order valence-electron chi connectivity index (χ0n) is 14.1. The van der Waals surface area contributed by atoms with E-state index in [-0.39, 0.29) is 11.6 Å². The van der Waals surface area contributed by atoms with Gasteiger partial charge in [-0.1, -0.05) is 24.9 Å². The SMILES string of the molecule is CCCC(c1cc(Cl)cc2cn[nH]c12)n1ncc2cc(C(=O)O)ccc21. The summed E-state index contributed by atoms with van der Waals surface area (Å²) in [6.07, 6.45) is 5.29. The Bertz CT molecular complexity index is 1120. The highest BCUT2D eigenvalue weighted by Crippen LogP contribution is 2.33. The van der Waals surface area contributed by atoms with E-state index < -0.39 is 5.97 Å². The van der Waals surface area contributed by atoms with Gasteiger partial charge in [-0.2, -0.15) is 10.2 Å². The number of H-pyrrole nitrogens is 1. The van der Waals surface area contributed by atoms with Crippen LogP contribution in [-0.4, -0.2) is 31.1 Å². The van der Waals surface area contributed by atoms with Crippen molar-refractivity contribution < 1.29 is 9.90 Å². The molecule has 0 saturated carbocycles. The number of aromatic amines is 1. The Morgan fingerprint density at radius 3 is 2.88 bits per heavy atom. The van der Waals surface area contributed by atoms with Gasteiger partial charge >= 0.3 is 5.97 Å². The minimum Gasteiger partial charge on any atom is -0.478 e. The summed E-state index contributed by atoms with van der Waals surface area (Å²) in [6, 6.07) is 8.86. The number of carboxylic acid groups (broad SMARTS) is 1. The lowest BCUT2D eigenvalue weighted by Crippen LogP contribution is -2.13. The maximum atomic E-state index is 11.2. The van der Waals surface area contributed by atoms with Crippen LogP contribution < -0.4 is 0 Å². The number of hydrogen-bond acceptors (Lipinski definition) is 3. The van der Waals surface area contributed by atoms with Crippen LogP contribution in [0.5, 0.6) is 0 Å². The van der Waals surface area contributed by atoms with Gasteiger partial charge in [-0.15, -0.1) is 0 Å². The summed E-state index contributed by atoms with van der Waals surface area (Å²) in [5.41, 5.74) is 3.11. The average Bonchev–Trinajstić information content (AvgIpc) is 3.25. The van der Waals surface area contributed by atoms with Crippen LogP contribution in [0.1, 0.15) is 41.7 Å². The maximum absolute atomic E-state index is 11.2. The summed E-state index contributed by atoms with van der Waals surface area (Å²) in [6.45, 7) is 2.12. The van der Waals surface area contributed by atoms with E-state index >= 15 is 0 Å². The third kappa shape index (κ3) is 2.72. The van der Waals surface area contributed by atoms with Gasteiger partial charge in [-0.05, 0) is 36.8 Å². The van der Waals surface area contributed by atoms with Crippen LogP contribution in [0.2, 0.25) is 5.02 Å². The molecule has 7 heteroatoms. The van der Waals surface area contributed by atoms with Crippen molar-refractivity contribution in [1.82, 2.24) is 20.0 Å². The van der Waals surface area contributed by atoms with Gasteiger partial charge in [0.1, 0.15) is 0 Å². The van der Waals surface area contributed by atoms with Crippen LogP contribution in [-0.2, 0) is 0 Å². The van der Waals surface area contributed by atoms with Gasteiger partial charge in [-0.25, -0.2) is 4.79 Å². The topological polar surface area (TPSA) is 83.8 Å². The molecule has 0 spiro atoms. The van der Waals surface area contributed by atoms with Gasteiger partial charge in [0, 0.05) is 21.4 Å². The second-order valence-corrected chi connectivity index (χ2v) is 6.74. The molecule has 2 N–H and O–H groups in total. The maximum Gasteiger partial charge on any atom is 0.335 e. The summed E-state index contributed by atoms with van der Waals surface area (Å²) in [7, 11) is 0. The van der Waals surface area contributed by atoms with Crippen molar-refractivity contribution in [2.24, 2.45) is 0 Å². The molecule has 4 aromatic rings. The molecule has 0 bridgehead atoms. The number of halogens is 1. The lowest BCUT2D eigenvalue weighted by atomic mass is 9.99. The summed E-state index contributed by atoms with van der Waals surface area (Å²) >= 11 is 6.32. The third-order valence-corrected chi connectivity index (χ3v) is 4.82. The molecule has 26 heavy (non-hydrogen) atoms. The van der Waals surface area contributed by atoms with E-state index in [1.807, 2.05) is 22.9 Å². The molecule has 4 rings (SSSR count). The van der Waals surface area contributed by atoms with Crippen molar-refractivity contribution in [3.05, 3.63) is 58.9 Å². The number of nitrogens with zero attached hydrogens (tertiary/aromatic N) is 3. The van der Waals surface area contributed by atoms with Crippen LogP contribution in [0.3, 0.4) is 0 Å². The minimum absolute atomic E-state index is 0.0326. The van der Waals surface area contributed by atoms with Gasteiger partial charge in [0.05, 0.1) is 35.0 Å². The van der Waals surface area contributed by atoms with Crippen LogP contribution in [0.4, 0.5) is 0 Å². The molecular formula is C19H17ClN4O2. The van der Waals surface area contributed by atoms with Crippen LogP contribution >= 0.6 is 11.6 Å². The molecule has 2 aromatic carbocycles. The van der Waals surface area contributed by atoms with Crippen LogP contribution in [0.15, 0.2) is 42.7 Å². The van der Waals surface area contributed by atoms with Gasteiger partial charge < -0.3 is 5.11 Å². The molecule has 0 saturated heterocycles. The highest BCUT2D eigenvalue weighted by atomic mass is 35.5. The van der Waals surface area contributed by atoms with E-state index in [2.05, 4.69) is 22.2 Å². The first-order valence-electron chi connectivity index (χ1n) is 8.41. The Hall–Kier alpha value is -2.86. The van der Waals surface area contributed by atoms with E-state index in [1.54, 1.807) is 24.5 Å². The first-order chi connectivity index (χ1) is 12.6. The molecule has 1 atom stereocenters. The van der Waals surface area contributed by atoms with Gasteiger partial charge in [0.2, 0.25) is 0 Å². The number of aromatic carboxylic acids is 1. The number of benzene rings is 2. The Balaban J connectivity index is 1.90. The van der Waals surface area contributed by atoms with Crippen molar-refractivity contribution in [3.8, 4) is 0 Å². The van der Waals surface area contributed by atoms with Crippen LogP contribution in [0, 0.1) is 0 Å². The number of aromatic nitrogens is 4. The number of carboxylic acids is 1. The van der Waals surface area contributed by atoms with Crippen LogP contribution in [0.25, 0.3) is 21.8 Å². The smallest absolute Gasteiger partial charge is 0.335 e. The number of fused-ring (bicyclic) bond motifs is 2. The molecule has 1 unspecified atom stereocenters. The summed E-state index contributed by atoms with van der Waals surface area (Å²) in [5, 5.41) is 23.4. The van der Waals surface area contributed by atoms with Crippen molar-refractivity contribution >= 4 is 39.4 Å². The fraction of sp³-hybridized carbons (Fsp3) is 0.211. The van der Waals surface area contributed by atoms with Gasteiger partial charge in [-0.3, -0.25) is 9.78 Å². The average molecular weight is 369 g/mol. The molecule has 2 aromatic heterocycles. The Morgan fingerprint density at radius 1 is 1.27 bits per heavy atom. The minimum atomic E-state index is -0.946. The fourth-order valence-electron chi connectivity index (χ4n) is 3.43. The normalized spacial score (nSPS) is 12.7. The molecule has 0 aliphatic carbocycles. The molecular weight excluding hydrogens is 352 g/mol. The van der Waals surface area contributed by atoms with E-state index in [9.17, 15) is 9.90 Å². The number of hydrogen-bond donors (Lipinski definition) is 2. The first-order valence-corrected chi connectivity index (χ1v) is 8.79. The molecule has 0 aliphatic heterocycles. The number of nitrogens with one attached hydrogen (secondary N) is 1. The summed E-state index contributed by atoms with van der Waals surface area (Å²) < 4.78 is 1.94. The van der Waals surface area contributed by atoms with E-state index in [0.717, 1.165) is 40.2 Å². The second kappa shape index (κ2) is 6.46. The molecule has 0 radical (unpaired) electrons. The predicted octanol–water partition coefficient (Wildman–Crippen LogP) is 4.65. The molecule has 132 valence electrons. The third-order valence-electron chi connectivity index (χ3n) is 4.60. The quantitative estimate of drug-likeness (QED) is 0.537. The number of rotatable bonds is 5. The zero-order valence-corrected chi connectivity index (χ0v) is 14.9. The molecule has 2 heterocycles. The van der Waals surface area contributed by atoms with Crippen molar-refractivity contribution in [3.63, 3.8) is 0 Å². The van der Waals surface area contributed by atoms with Gasteiger partial charge in [0.15, 0.2) is 0 Å². The highest BCUT2D eigenvalue weighted by molar-refractivity contribution is 6.31. The Morgan fingerprint density at radius 2 is 2.12 bits per heavy atom. The van der Waals surface area contributed by atoms with E-state index in [0.29, 0.717) is 5.02 Å². The standard InChI is InChI=1S/C19H17ClN4O2/c1-2-3-17(15-8-14(20)7-13-9-21-23-18(13)15)24-16-5-4-11(19(25)26)6-12(16)10-22-24/h4-10,17H,2-3H2,1H3,(H,21,23)(H,25,26). The highest BCUT2D eigenvalue weighted by Gasteiger charge is 2.21. The zero-order chi connectivity index (χ0) is 18.3. The van der Waals surface area contributed by atoms with Crippen molar-refractivity contribution in [2.45, 2.75) is 25.8 Å². The lowest BCUT2D eigenvalue weighted by molar-refractivity contribution is 0.0697. The Kier molecular flexibility index (Phi) is 4.12. The molecule has 0 fully saturated rings. The molecule has 0 amide bonds. The van der Waals surface area contributed by atoms with E-state index in [1.165, 1.54) is 0 Å². The predicted molar refractivity (Wildman–Crippen MR) is 101 cm³/mol. The molecule has 6 nitrogen and oxygen atoms in total. The summed E-state index contributed by atoms with van der Waals surface area (Å²) in [4.78, 5) is 11.2. The van der Waals surface area contributed by atoms with Crippen molar-refractivity contribution in [2.75, 3.05) is 0 Å². The molecule has 0 aliphatic rings. The lowest BCUT2D eigenvalue weighted by Gasteiger charge is -2.20. The second-order valence-electron chi connectivity index (χ2n) is 6.30. The fourth-order valence-corrected chi connectivity index (χ4v) is 3.66. The largest absolute Gasteiger partial charge is 0.478 e. The van der Waals surface area contributed by atoms with E-state index in [4.69, 9.17) is 11.6 Å².